The van der Waals surface area contributed by atoms with Crippen molar-refractivity contribution in [2.24, 2.45) is 12.1 Å². The number of benzene rings is 1. The summed E-state index contributed by atoms with van der Waals surface area (Å²) in [7, 11) is 1.79. The molecule has 0 saturated carbocycles. The molecular weight excluding hydrogens is 306 g/mol. The van der Waals surface area contributed by atoms with Gasteiger partial charge in [-0.2, -0.15) is 5.10 Å². The average Bonchev–Trinajstić information content (AvgIpc) is 3.07. The molecule has 0 spiro atoms. The van der Waals surface area contributed by atoms with Gasteiger partial charge in [-0.25, -0.2) is 5.53 Å². The molecule has 1 aromatic carbocycles. The van der Waals surface area contributed by atoms with E-state index in [1.54, 1.807) is 35.1 Å². The van der Waals surface area contributed by atoms with E-state index in [4.69, 9.17) is 0 Å². The standard InChI is InChI=1S/C12H13N7O2S/c1-17-12(22)10(6-13-17)11-14-15-16-18(11)7-8-2-4-9(5-3-8)19(20)21/h2-6,15-16,22H,7H2,1H3. The van der Waals surface area contributed by atoms with Crippen LogP contribution in [0.25, 0.3) is 0 Å². The molecule has 1 aliphatic heterocycles. The van der Waals surface area contributed by atoms with E-state index in [9.17, 15) is 10.1 Å². The number of hydrogen-bond acceptors (Lipinski definition) is 8. The van der Waals surface area contributed by atoms with Crippen molar-refractivity contribution in [2.45, 2.75) is 11.6 Å². The Bertz CT molecular complexity index is 740. The molecule has 0 atom stereocenters. The van der Waals surface area contributed by atoms with Gasteiger partial charge in [-0.05, 0) is 5.56 Å². The fourth-order valence-corrected chi connectivity index (χ4v) is 2.28. The molecular formula is C12H13N7O2S. The Balaban J connectivity index is 1.79. The lowest BCUT2D eigenvalue weighted by Crippen LogP contribution is -2.40. The van der Waals surface area contributed by atoms with E-state index in [1.165, 1.54) is 12.1 Å². The molecule has 1 aromatic heterocycles. The molecule has 0 saturated heterocycles. The summed E-state index contributed by atoms with van der Waals surface area (Å²) >= 11 is 4.40. The van der Waals surface area contributed by atoms with Gasteiger partial charge in [-0.1, -0.05) is 12.1 Å². The third-order valence-electron chi connectivity index (χ3n) is 3.24. The Morgan fingerprint density at radius 2 is 2.09 bits per heavy atom. The van der Waals surface area contributed by atoms with Crippen LogP contribution in [0.5, 0.6) is 0 Å². The zero-order valence-corrected chi connectivity index (χ0v) is 12.5. The van der Waals surface area contributed by atoms with Gasteiger partial charge in [-0.3, -0.25) is 19.8 Å². The zero-order chi connectivity index (χ0) is 15.7. The number of rotatable bonds is 4. The molecule has 3 rings (SSSR count). The topological polar surface area (TPSA) is 101 Å². The number of hydrogen-bond donors (Lipinski definition) is 3. The van der Waals surface area contributed by atoms with Crippen LogP contribution in [0.2, 0.25) is 0 Å². The molecule has 114 valence electrons. The number of nitrogens with zero attached hydrogens (tertiary/aromatic N) is 5. The fraction of sp³-hybridized carbons (Fsp3) is 0.167. The van der Waals surface area contributed by atoms with Crippen LogP contribution in [-0.4, -0.2) is 25.5 Å². The second-order valence-corrected chi connectivity index (χ2v) is 5.10. The Labute approximate surface area is 131 Å². The molecule has 0 fully saturated rings. The first-order valence-corrected chi connectivity index (χ1v) is 6.81. The smallest absolute Gasteiger partial charge is 0.266 e. The van der Waals surface area contributed by atoms with Crippen LogP contribution in [0.15, 0.2) is 40.6 Å². The minimum absolute atomic E-state index is 0.0649. The van der Waals surface area contributed by atoms with E-state index in [0.29, 0.717) is 17.4 Å². The van der Waals surface area contributed by atoms with E-state index < -0.39 is 4.92 Å². The number of aromatic nitrogens is 2. The van der Waals surface area contributed by atoms with Crippen LogP contribution < -0.4 is 11.1 Å². The average molecular weight is 319 g/mol. The van der Waals surface area contributed by atoms with Crippen molar-refractivity contribution in [3.63, 3.8) is 0 Å². The van der Waals surface area contributed by atoms with E-state index in [-0.39, 0.29) is 5.69 Å². The van der Waals surface area contributed by atoms with Gasteiger partial charge in [0, 0.05) is 19.2 Å². The van der Waals surface area contributed by atoms with Gasteiger partial charge in [0.15, 0.2) is 5.84 Å². The monoisotopic (exact) mass is 319 g/mol. The molecule has 10 heteroatoms. The van der Waals surface area contributed by atoms with E-state index in [1.807, 2.05) is 0 Å². The number of nitro groups is 1. The normalized spacial score (nSPS) is 13.9. The molecule has 0 radical (unpaired) electrons. The summed E-state index contributed by atoms with van der Waals surface area (Å²) in [6, 6.07) is 6.37. The van der Waals surface area contributed by atoms with Gasteiger partial charge in [0.25, 0.3) is 5.69 Å². The molecule has 2 heterocycles. The third kappa shape index (κ3) is 2.61. The maximum atomic E-state index is 10.7. The van der Waals surface area contributed by atoms with Crippen LogP contribution in [0.4, 0.5) is 5.69 Å². The van der Waals surface area contributed by atoms with Crippen molar-refractivity contribution in [1.82, 2.24) is 25.9 Å². The molecule has 2 N–H and O–H groups in total. The summed E-state index contributed by atoms with van der Waals surface area (Å²) in [5.74, 6) is 0.649. The highest BCUT2D eigenvalue weighted by Crippen LogP contribution is 2.18. The Kier molecular flexibility index (Phi) is 3.69. The summed E-state index contributed by atoms with van der Waals surface area (Å²) in [4.78, 5) is 10.2. The van der Waals surface area contributed by atoms with E-state index >= 15 is 0 Å². The predicted octanol–water partition coefficient (Wildman–Crippen LogP) is 0.804. The fourth-order valence-electron chi connectivity index (χ4n) is 2.07. The van der Waals surface area contributed by atoms with Gasteiger partial charge < -0.3 is 0 Å². The first-order chi connectivity index (χ1) is 10.6. The van der Waals surface area contributed by atoms with Crippen molar-refractivity contribution in [2.75, 3.05) is 0 Å². The van der Waals surface area contributed by atoms with Crippen molar-refractivity contribution in [1.29, 1.82) is 0 Å². The quantitative estimate of drug-likeness (QED) is 0.438. The number of hydrazone groups is 1. The number of amidine groups is 1. The number of thiol groups is 1. The van der Waals surface area contributed by atoms with Gasteiger partial charge in [-0.15, -0.1) is 23.3 Å². The summed E-state index contributed by atoms with van der Waals surface area (Å²) in [6.45, 7) is 0.478. The number of nitrogens with one attached hydrogen (secondary N) is 2. The van der Waals surface area contributed by atoms with Gasteiger partial charge in [0.2, 0.25) is 0 Å². The Morgan fingerprint density at radius 1 is 1.36 bits per heavy atom. The predicted molar refractivity (Wildman–Crippen MR) is 81.9 cm³/mol. The van der Waals surface area contributed by atoms with Crippen LogP contribution in [0, 0.1) is 10.1 Å². The van der Waals surface area contributed by atoms with Crippen LogP contribution in [0.3, 0.4) is 0 Å². The minimum atomic E-state index is -0.421. The minimum Gasteiger partial charge on any atom is -0.266 e. The highest BCUT2D eigenvalue weighted by atomic mass is 32.1. The lowest BCUT2D eigenvalue weighted by molar-refractivity contribution is -0.384. The number of non-ortho nitro benzene ring substituents is 1. The molecule has 1 aliphatic rings. The third-order valence-corrected chi connectivity index (χ3v) is 3.77. The maximum absolute atomic E-state index is 10.7. The molecule has 0 bridgehead atoms. The van der Waals surface area contributed by atoms with Crippen LogP contribution in [0.1, 0.15) is 11.1 Å². The van der Waals surface area contributed by atoms with Gasteiger partial charge in [0.05, 0.1) is 23.2 Å². The lowest BCUT2D eigenvalue weighted by atomic mass is 10.2. The highest BCUT2D eigenvalue weighted by molar-refractivity contribution is 7.80. The first kappa shape index (κ1) is 14.4. The molecule has 9 nitrogen and oxygen atoms in total. The second-order valence-electron chi connectivity index (χ2n) is 4.67. The molecule has 0 amide bonds. The van der Waals surface area contributed by atoms with Crippen molar-refractivity contribution in [3.05, 3.63) is 51.7 Å². The zero-order valence-electron chi connectivity index (χ0n) is 11.6. The molecule has 22 heavy (non-hydrogen) atoms. The van der Waals surface area contributed by atoms with Crippen molar-refractivity contribution in [3.8, 4) is 0 Å². The van der Waals surface area contributed by atoms with Gasteiger partial charge >= 0.3 is 0 Å². The second kappa shape index (κ2) is 5.66. The summed E-state index contributed by atoms with van der Waals surface area (Å²) in [6.07, 6.45) is 1.68. The Hall–Kier alpha value is -2.59. The largest absolute Gasteiger partial charge is 0.269 e. The number of hydrazine groups is 2. The molecule has 2 aromatic rings. The number of nitro benzene ring substituents is 1. The van der Waals surface area contributed by atoms with Crippen LogP contribution in [-0.2, 0) is 13.6 Å². The molecule has 0 unspecified atom stereocenters. The lowest BCUT2D eigenvalue weighted by Gasteiger charge is -2.18. The summed E-state index contributed by atoms with van der Waals surface area (Å²) in [5.41, 5.74) is 7.34. The number of aryl methyl sites for hydroxylation is 1. The highest BCUT2D eigenvalue weighted by Gasteiger charge is 2.23. The van der Waals surface area contributed by atoms with Crippen molar-refractivity contribution >= 4 is 24.2 Å². The van der Waals surface area contributed by atoms with E-state index in [0.717, 1.165) is 11.1 Å². The van der Waals surface area contributed by atoms with E-state index in [2.05, 4.69) is 33.9 Å². The maximum Gasteiger partial charge on any atom is 0.269 e. The summed E-state index contributed by atoms with van der Waals surface area (Å²) < 4.78 is 1.64. The first-order valence-electron chi connectivity index (χ1n) is 6.37. The van der Waals surface area contributed by atoms with Crippen LogP contribution >= 0.6 is 12.6 Å². The summed E-state index contributed by atoms with van der Waals surface area (Å²) in [5, 5.41) is 21.4. The van der Waals surface area contributed by atoms with Crippen molar-refractivity contribution < 1.29 is 4.92 Å². The SMILES string of the molecule is Cn1ncc(C2=NNNN2Cc2ccc([N+](=O)[O-])cc2)c1S. The Morgan fingerprint density at radius 3 is 2.68 bits per heavy atom. The van der Waals surface area contributed by atoms with Gasteiger partial charge in [0.1, 0.15) is 5.03 Å². The molecule has 0 aliphatic carbocycles.